The molecule has 37 heavy (non-hydrogen) atoms. The van der Waals surface area contributed by atoms with Gasteiger partial charge in [-0.3, -0.25) is 29.0 Å². The average Bonchev–Trinajstić information content (AvgIpc) is 3.17. The molecule has 2 aromatic carbocycles. The number of aryl methyl sites for hydroxylation is 1. The highest BCUT2D eigenvalue weighted by Crippen LogP contribution is 2.28. The second-order valence-electron chi connectivity index (χ2n) is 9.47. The van der Waals surface area contributed by atoms with Crippen LogP contribution in [0.3, 0.4) is 0 Å². The van der Waals surface area contributed by atoms with Crippen LogP contribution in [0.5, 0.6) is 0 Å². The third-order valence-electron chi connectivity index (χ3n) is 7.08. The number of pyridine rings is 1. The summed E-state index contributed by atoms with van der Waals surface area (Å²) in [5, 5.41) is 14.6. The summed E-state index contributed by atoms with van der Waals surface area (Å²) >= 11 is 6.02. The van der Waals surface area contributed by atoms with E-state index >= 15 is 0 Å². The molecule has 0 atom stereocenters. The molecule has 1 saturated carbocycles. The summed E-state index contributed by atoms with van der Waals surface area (Å²) < 4.78 is 3.40. The van der Waals surface area contributed by atoms with Crippen molar-refractivity contribution in [3.8, 4) is 5.69 Å². The van der Waals surface area contributed by atoms with Gasteiger partial charge >= 0.3 is 5.69 Å². The summed E-state index contributed by atoms with van der Waals surface area (Å²) in [4.78, 5) is 41.0. The van der Waals surface area contributed by atoms with E-state index in [0.717, 1.165) is 36.7 Å². The second kappa shape index (κ2) is 10.2. The maximum atomic E-state index is 13.5. The number of nitrogens with zero attached hydrogens (tertiary/aromatic N) is 4. The number of hydrogen-bond donors (Lipinski definition) is 1. The number of nitro benzene ring substituents is 1. The standard InChI is InChI=1S/C27H26ClN5O4/c1-17-23(14-19(28)15-29-17)26(34)30-20-8-6-18(7-9-20)16-31-24-4-2-3-5-25(24)32(27(31)35)21-10-12-22(13-11-21)33(36)37/h2-5,10-15,18,20H,6-9,16H2,1H3,(H,30,34)/t18-,20-. The van der Waals surface area contributed by atoms with E-state index in [1.807, 2.05) is 24.3 Å². The van der Waals surface area contributed by atoms with Gasteiger partial charge in [0.1, 0.15) is 0 Å². The van der Waals surface area contributed by atoms with Crippen molar-refractivity contribution in [1.29, 1.82) is 0 Å². The highest BCUT2D eigenvalue weighted by atomic mass is 35.5. The van der Waals surface area contributed by atoms with Crippen LogP contribution in [0.1, 0.15) is 41.7 Å². The van der Waals surface area contributed by atoms with Crippen molar-refractivity contribution in [3.05, 3.63) is 97.7 Å². The molecule has 1 aliphatic rings. The van der Waals surface area contributed by atoms with Crippen LogP contribution < -0.4 is 11.0 Å². The Balaban J connectivity index is 1.31. The van der Waals surface area contributed by atoms with E-state index in [-0.39, 0.29) is 29.2 Å². The van der Waals surface area contributed by atoms with Crippen molar-refractivity contribution >= 4 is 34.2 Å². The van der Waals surface area contributed by atoms with Crippen molar-refractivity contribution in [1.82, 2.24) is 19.4 Å². The summed E-state index contributed by atoms with van der Waals surface area (Å²) in [6.07, 6.45) is 4.92. The number of nitro groups is 1. The zero-order chi connectivity index (χ0) is 26.1. The monoisotopic (exact) mass is 519 g/mol. The van der Waals surface area contributed by atoms with E-state index in [4.69, 9.17) is 11.6 Å². The summed E-state index contributed by atoms with van der Waals surface area (Å²) in [5.41, 5.74) is 3.10. The zero-order valence-electron chi connectivity index (χ0n) is 20.3. The van der Waals surface area contributed by atoms with Gasteiger partial charge in [0.05, 0.1) is 37.9 Å². The maximum Gasteiger partial charge on any atom is 0.333 e. The van der Waals surface area contributed by atoms with Crippen molar-refractivity contribution < 1.29 is 9.72 Å². The SMILES string of the molecule is Cc1ncc(Cl)cc1C(=O)N[C@H]1CC[C@H](Cn2c(=O)n(-c3ccc([N+](=O)[O-])cc3)c3ccccc32)CC1. The van der Waals surface area contributed by atoms with Crippen LogP contribution >= 0.6 is 11.6 Å². The number of benzene rings is 2. The lowest BCUT2D eigenvalue weighted by Crippen LogP contribution is -2.39. The molecule has 1 aliphatic carbocycles. The van der Waals surface area contributed by atoms with Gasteiger partial charge in [-0.1, -0.05) is 23.7 Å². The predicted octanol–water partition coefficient (Wildman–Crippen LogP) is 5.05. The Labute approximate surface area is 217 Å². The Morgan fingerprint density at radius 3 is 2.46 bits per heavy atom. The fourth-order valence-electron chi connectivity index (χ4n) is 5.11. The van der Waals surface area contributed by atoms with Crippen LogP contribution in [0.25, 0.3) is 16.7 Å². The molecule has 190 valence electrons. The summed E-state index contributed by atoms with van der Waals surface area (Å²) in [5.74, 6) is 0.120. The topological polar surface area (TPSA) is 112 Å². The first kappa shape index (κ1) is 24.7. The Hall–Kier alpha value is -3.98. The lowest BCUT2D eigenvalue weighted by molar-refractivity contribution is -0.384. The molecular formula is C27H26ClN5O4. The number of fused-ring (bicyclic) bond motifs is 1. The van der Waals surface area contributed by atoms with Crippen LogP contribution in [0.4, 0.5) is 5.69 Å². The number of rotatable bonds is 6. The van der Waals surface area contributed by atoms with E-state index in [2.05, 4.69) is 10.3 Å². The summed E-state index contributed by atoms with van der Waals surface area (Å²) in [6, 6.07) is 15.3. The number of amides is 1. The van der Waals surface area contributed by atoms with Crippen molar-refractivity contribution in [2.24, 2.45) is 5.92 Å². The highest BCUT2D eigenvalue weighted by Gasteiger charge is 2.25. The molecule has 0 unspecified atom stereocenters. The highest BCUT2D eigenvalue weighted by molar-refractivity contribution is 6.30. The van der Waals surface area contributed by atoms with Gasteiger partial charge in [-0.05, 0) is 68.9 Å². The molecule has 10 heteroatoms. The molecule has 0 aliphatic heterocycles. The van der Waals surface area contributed by atoms with Gasteiger partial charge in [0.2, 0.25) is 0 Å². The van der Waals surface area contributed by atoms with Gasteiger partial charge in [-0.25, -0.2) is 4.79 Å². The molecule has 4 aromatic rings. The lowest BCUT2D eigenvalue weighted by Gasteiger charge is -2.29. The number of para-hydroxylation sites is 2. The summed E-state index contributed by atoms with van der Waals surface area (Å²) in [6.45, 7) is 2.35. The smallest absolute Gasteiger partial charge is 0.333 e. The molecule has 0 saturated heterocycles. The molecular weight excluding hydrogens is 494 g/mol. The fourth-order valence-corrected chi connectivity index (χ4v) is 5.26. The van der Waals surface area contributed by atoms with Crippen molar-refractivity contribution in [3.63, 3.8) is 0 Å². The molecule has 2 aromatic heterocycles. The number of imidazole rings is 1. The average molecular weight is 520 g/mol. The molecule has 0 bridgehead atoms. The van der Waals surface area contributed by atoms with E-state index < -0.39 is 4.92 Å². The van der Waals surface area contributed by atoms with E-state index in [1.165, 1.54) is 18.3 Å². The number of halogens is 1. The molecule has 1 fully saturated rings. The summed E-state index contributed by atoms with van der Waals surface area (Å²) in [7, 11) is 0. The minimum atomic E-state index is -0.457. The first-order valence-corrected chi connectivity index (χ1v) is 12.6. The molecule has 2 heterocycles. The van der Waals surface area contributed by atoms with Gasteiger partial charge in [0.25, 0.3) is 11.6 Å². The minimum Gasteiger partial charge on any atom is -0.349 e. The van der Waals surface area contributed by atoms with Crippen LogP contribution in [0, 0.1) is 23.0 Å². The number of non-ortho nitro benzene ring substituents is 1. The predicted molar refractivity (Wildman–Crippen MR) is 141 cm³/mol. The van der Waals surface area contributed by atoms with Crippen LogP contribution in [-0.4, -0.2) is 31.0 Å². The molecule has 9 nitrogen and oxygen atoms in total. The molecule has 1 N–H and O–H groups in total. The van der Waals surface area contributed by atoms with Gasteiger partial charge in [0, 0.05) is 30.9 Å². The second-order valence-corrected chi connectivity index (χ2v) is 9.90. The van der Waals surface area contributed by atoms with Gasteiger partial charge in [-0.2, -0.15) is 0 Å². The van der Waals surface area contributed by atoms with Crippen LogP contribution in [-0.2, 0) is 6.54 Å². The molecule has 5 rings (SSSR count). The molecule has 0 radical (unpaired) electrons. The minimum absolute atomic E-state index is 0.0221. The quantitative estimate of drug-likeness (QED) is 0.283. The Morgan fingerprint density at radius 1 is 1.11 bits per heavy atom. The maximum absolute atomic E-state index is 13.5. The largest absolute Gasteiger partial charge is 0.349 e. The first-order chi connectivity index (χ1) is 17.8. The fraction of sp³-hybridized carbons (Fsp3) is 0.296. The number of carbonyl (C=O) groups is 1. The Morgan fingerprint density at radius 2 is 1.78 bits per heavy atom. The number of nitrogens with one attached hydrogen (secondary N) is 1. The first-order valence-electron chi connectivity index (χ1n) is 12.2. The Bertz CT molecular complexity index is 1530. The Kier molecular flexibility index (Phi) is 6.80. The third kappa shape index (κ3) is 4.99. The van der Waals surface area contributed by atoms with Crippen LogP contribution in [0.15, 0.2) is 65.6 Å². The van der Waals surface area contributed by atoms with Crippen molar-refractivity contribution in [2.75, 3.05) is 0 Å². The van der Waals surface area contributed by atoms with Gasteiger partial charge in [-0.15, -0.1) is 0 Å². The lowest BCUT2D eigenvalue weighted by atomic mass is 9.85. The number of aromatic nitrogens is 3. The van der Waals surface area contributed by atoms with Crippen molar-refractivity contribution in [2.45, 2.75) is 45.2 Å². The third-order valence-corrected chi connectivity index (χ3v) is 7.28. The van der Waals surface area contributed by atoms with Gasteiger partial charge in [0.15, 0.2) is 0 Å². The van der Waals surface area contributed by atoms with E-state index in [1.54, 1.807) is 34.3 Å². The normalized spacial score (nSPS) is 17.6. The van der Waals surface area contributed by atoms with E-state index in [9.17, 15) is 19.7 Å². The molecule has 1 amide bonds. The zero-order valence-corrected chi connectivity index (χ0v) is 21.0. The molecule has 0 spiro atoms. The number of hydrogen-bond acceptors (Lipinski definition) is 5. The van der Waals surface area contributed by atoms with Crippen LogP contribution in [0.2, 0.25) is 5.02 Å². The van der Waals surface area contributed by atoms with E-state index in [0.29, 0.717) is 28.5 Å². The van der Waals surface area contributed by atoms with Gasteiger partial charge < -0.3 is 5.32 Å². The number of carbonyl (C=O) groups excluding carboxylic acids is 1.